The van der Waals surface area contributed by atoms with Crippen molar-refractivity contribution in [3.05, 3.63) is 0 Å². The van der Waals surface area contributed by atoms with Crippen LogP contribution >= 0.6 is 0 Å². The smallest absolute Gasteiger partial charge is 0.309 e. The molecule has 2 unspecified atom stereocenters. The summed E-state index contributed by atoms with van der Waals surface area (Å²) in [6.45, 7) is 14.6. The van der Waals surface area contributed by atoms with Gasteiger partial charge >= 0.3 is 5.97 Å². The average molecular weight is 300 g/mol. The van der Waals surface area contributed by atoms with Crippen molar-refractivity contribution in [2.45, 2.75) is 78.7 Å². The molecule has 0 amide bonds. The molecule has 1 fully saturated rings. The highest BCUT2D eigenvalue weighted by molar-refractivity contribution is 5.73. The third kappa shape index (κ3) is 5.57. The Balaban J connectivity index is 2.64. The number of hydroxylamine groups is 2. The predicted molar refractivity (Wildman–Crippen MR) is 83.3 cm³/mol. The second kappa shape index (κ2) is 6.63. The molecule has 2 N–H and O–H groups in total. The fourth-order valence-corrected chi connectivity index (χ4v) is 2.43. The fourth-order valence-electron chi connectivity index (χ4n) is 2.43. The maximum Gasteiger partial charge on any atom is 0.309 e. The van der Waals surface area contributed by atoms with Crippen molar-refractivity contribution in [3.8, 4) is 0 Å². The first-order valence-corrected chi connectivity index (χ1v) is 7.85. The van der Waals surface area contributed by atoms with E-state index in [1.807, 2.05) is 39.7 Å². The number of esters is 1. The lowest BCUT2D eigenvalue weighted by atomic mass is 9.84. The van der Waals surface area contributed by atoms with E-state index in [2.05, 4.69) is 13.8 Å². The number of ether oxygens (including phenoxy) is 1. The minimum absolute atomic E-state index is 0.0747. The fraction of sp³-hybridized carbons (Fsp3) is 0.938. The largest absolute Gasteiger partial charge is 0.460 e. The molecule has 0 aliphatic carbocycles. The zero-order chi connectivity index (χ0) is 16.4. The number of piperidine rings is 1. The number of carbonyl (C=O) groups is 1. The SMILES string of the molecule is CC(C)C(N)ON1CCC(C(=O)OC(C)(C)C)CC1(C)C. The van der Waals surface area contributed by atoms with E-state index in [1.165, 1.54) is 0 Å². The first kappa shape index (κ1) is 18.4. The number of nitrogens with two attached hydrogens (primary N) is 1. The molecule has 1 saturated heterocycles. The van der Waals surface area contributed by atoms with E-state index in [0.717, 1.165) is 6.42 Å². The number of hydrogen-bond acceptors (Lipinski definition) is 5. The molecule has 0 aromatic heterocycles. The van der Waals surface area contributed by atoms with E-state index in [0.29, 0.717) is 13.0 Å². The quantitative estimate of drug-likeness (QED) is 0.639. The first-order valence-electron chi connectivity index (χ1n) is 7.85. The number of rotatable bonds is 4. The van der Waals surface area contributed by atoms with E-state index in [4.69, 9.17) is 15.3 Å². The van der Waals surface area contributed by atoms with Crippen LogP contribution in [0.4, 0.5) is 0 Å². The highest BCUT2D eigenvalue weighted by Crippen LogP contribution is 2.33. The monoisotopic (exact) mass is 300 g/mol. The number of nitrogens with zero attached hydrogens (tertiary/aromatic N) is 1. The lowest BCUT2D eigenvalue weighted by Crippen LogP contribution is -2.54. The molecule has 1 heterocycles. The molecule has 5 nitrogen and oxygen atoms in total. The third-order valence-corrected chi connectivity index (χ3v) is 3.75. The van der Waals surface area contributed by atoms with Gasteiger partial charge in [-0.3, -0.25) is 9.63 Å². The van der Waals surface area contributed by atoms with Crippen LogP contribution in [0.3, 0.4) is 0 Å². The van der Waals surface area contributed by atoms with Gasteiger partial charge in [-0.15, -0.1) is 0 Å². The van der Waals surface area contributed by atoms with Gasteiger partial charge in [-0.05, 0) is 53.4 Å². The van der Waals surface area contributed by atoms with Gasteiger partial charge in [0.05, 0.1) is 5.92 Å². The molecular formula is C16H32N2O3. The Hall–Kier alpha value is -0.650. The summed E-state index contributed by atoms with van der Waals surface area (Å²) < 4.78 is 5.50. The van der Waals surface area contributed by atoms with Gasteiger partial charge in [-0.1, -0.05) is 13.8 Å². The van der Waals surface area contributed by atoms with Gasteiger partial charge in [0.15, 0.2) is 0 Å². The molecule has 0 spiro atoms. The molecule has 1 aliphatic rings. The Labute approximate surface area is 129 Å². The van der Waals surface area contributed by atoms with Crippen LogP contribution in [0.5, 0.6) is 0 Å². The van der Waals surface area contributed by atoms with Gasteiger partial charge in [0.1, 0.15) is 11.8 Å². The normalized spacial score (nSPS) is 24.9. The molecule has 0 aromatic rings. The lowest BCUT2D eigenvalue weighted by Gasteiger charge is -2.45. The van der Waals surface area contributed by atoms with Crippen LogP contribution < -0.4 is 5.73 Å². The Bertz CT molecular complexity index is 361. The molecule has 0 bridgehead atoms. The maximum absolute atomic E-state index is 12.2. The standard InChI is InChI=1S/C16H32N2O3/c1-11(2)13(17)21-18-9-8-12(10-16(18,6)7)14(19)20-15(3,4)5/h11-13H,8-10,17H2,1-7H3. The minimum Gasteiger partial charge on any atom is -0.460 e. The predicted octanol–water partition coefficient (Wildman–Crippen LogP) is 2.69. The second-order valence-corrected chi connectivity index (χ2v) is 7.95. The van der Waals surface area contributed by atoms with Crippen LogP contribution in [0, 0.1) is 11.8 Å². The second-order valence-electron chi connectivity index (χ2n) is 7.95. The third-order valence-electron chi connectivity index (χ3n) is 3.75. The lowest BCUT2D eigenvalue weighted by molar-refractivity contribution is -0.269. The van der Waals surface area contributed by atoms with Gasteiger partial charge in [0, 0.05) is 12.1 Å². The highest BCUT2D eigenvalue weighted by atomic mass is 16.7. The Kier molecular flexibility index (Phi) is 5.81. The molecule has 1 aliphatic heterocycles. The van der Waals surface area contributed by atoms with E-state index in [9.17, 15) is 4.79 Å². The summed E-state index contributed by atoms with van der Waals surface area (Å²) in [5.41, 5.74) is 5.33. The van der Waals surface area contributed by atoms with Crippen molar-refractivity contribution in [3.63, 3.8) is 0 Å². The molecule has 5 heteroatoms. The van der Waals surface area contributed by atoms with Crippen LogP contribution in [0.15, 0.2) is 0 Å². The zero-order valence-electron chi connectivity index (χ0n) is 14.6. The van der Waals surface area contributed by atoms with Crippen LogP contribution in [-0.2, 0) is 14.4 Å². The Morgan fingerprint density at radius 1 is 1.33 bits per heavy atom. The summed E-state index contributed by atoms with van der Waals surface area (Å²) in [5, 5.41) is 1.93. The van der Waals surface area contributed by atoms with Crippen LogP contribution in [0.2, 0.25) is 0 Å². The summed E-state index contributed by atoms with van der Waals surface area (Å²) in [6, 6.07) is 0. The van der Waals surface area contributed by atoms with Gasteiger partial charge in [0.2, 0.25) is 0 Å². The highest BCUT2D eigenvalue weighted by Gasteiger charge is 2.40. The van der Waals surface area contributed by atoms with Crippen molar-refractivity contribution < 1.29 is 14.4 Å². The van der Waals surface area contributed by atoms with Crippen LogP contribution in [0.1, 0.15) is 61.3 Å². The molecule has 2 atom stereocenters. The average Bonchev–Trinajstić information content (AvgIpc) is 2.28. The van der Waals surface area contributed by atoms with E-state index < -0.39 is 5.60 Å². The van der Waals surface area contributed by atoms with E-state index in [1.54, 1.807) is 0 Å². The summed E-state index contributed by atoms with van der Waals surface area (Å²) in [4.78, 5) is 18.1. The van der Waals surface area contributed by atoms with Crippen molar-refractivity contribution >= 4 is 5.97 Å². The van der Waals surface area contributed by atoms with Gasteiger partial charge in [-0.2, -0.15) is 5.06 Å². The summed E-state index contributed by atoms with van der Waals surface area (Å²) in [7, 11) is 0. The van der Waals surface area contributed by atoms with Crippen molar-refractivity contribution in [2.24, 2.45) is 17.6 Å². The molecule has 21 heavy (non-hydrogen) atoms. The number of carbonyl (C=O) groups excluding carboxylic acids is 1. The molecule has 124 valence electrons. The molecule has 0 saturated carbocycles. The van der Waals surface area contributed by atoms with E-state index >= 15 is 0 Å². The Morgan fingerprint density at radius 2 is 1.90 bits per heavy atom. The molecule has 0 radical (unpaired) electrons. The van der Waals surface area contributed by atoms with Gasteiger partial charge < -0.3 is 10.5 Å². The van der Waals surface area contributed by atoms with Crippen molar-refractivity contribution in [2.75, 3.05) is 6.54 Å². The molecular weight excluding hydrogens is 268 g/mol. The van der Waals surface area contributed by atoms with Crippen molar-refractivity contribution in [1.82, 2.24) is 5.06 Å². The maximum atomic E-state index is 12.2. The van der Waals surface area contributed by atoms with Gasteiger partial charge in [0.25, 0.3) is 0 Å². The topological polar surface area (TPSA) is 64.8 Å². The zero-order valence-corrected chi connectivity index (χ0v) is 14.6. The summed E-state index contributed by atoms with van der Waals surface area (Å²) >= 11 is 0. The molecule has 0 aromatic carbocycles. The van der Waals surface area contributed by atoms with Crippen LogP contribution in [0.25, 0.3) is 0 Å². The van der Waals surface area contributed by atoms with E-state index in [-0.39, 0.29) is 29.6 Å². The summed E-state index contributed by atoms with van der Waals surface area (Å²) in [6.07, 6.45) is 1.14. The van der Waals surface area contributed by atoms with Gasteiger partial charge in [-0.25, -0.2) is 0 Å². The van der Waals surface area contributed by atoms with Crippen LogP contribution in [-0.4, -0.2) is 34.9 Å². The summed E-state index contributed by atoms with van der Waals surface area (Å²) in [5.74, 6) is 0.0714. The minimum atomic E-state index is -0.436. The first-order chi connectivity index (χ1) is 9.42. The van der Waals surface area contributed by atoms with Crippen molar-refractivity contribution in [1.29, 1.82) is 0 Å². The molecule has 1 rings (SSSR count). The number of hydrogen-bond donors (Lipinski definition) is 1. The Morgan fingerprint density at radius 3 is 2.33 bits per heavy atom.